The van der Waals surface area contributed by atoms with Crippen LogP contribution in [0.5, 0.6) is 5.75 Å². The summed E-state index contributed by atoms with van der Waals surface area (Å²) >= 11 is 0. The molecule has 0 spiro atoms. The van der Waals surface area contributed by atoms with Gasteiger partial charge in [0.15, 0.2) is 0 Å². The van der Waals surface area contributed by atoms with Crippen LogP contribution in [0.4, 0.5) is 5.69 Å². The maximum Gasteiger partial charge on any atom is 0.119 e. The Morgan fingerprint density at radius 1 is 1.00 bits per heavy atom. The average Bonchev–Trinajstić information content (AvgIpc) is 2.75. The van der Waals surface area contributed by atoms with Gasteiger partial charge in [-0.2, -0.15) is 0 Å². The molecule has 1 saturated heterocycles. The van der Waals surface area contributed by atoms with Gasteiger partial charge in [-0.25, -0.2) is 0 Å². The van der Waals surface area contributed by atoms with Gasteiger partial charge in [-0.1, -0.05) is 30.3 Å². The molecule has 2 aromatic rings. The Labute approximate surface area is 205 Å². The van der Waals surface area contributed by atoms with Crippen LogP contribution in [-0.2, 0) is 6.42 Å². The van der Waals surface area contributed by atoms with Crippen molar-refractivity contribution in [2.45, 2.75) is 56.7 Å². The van der Waals surface area contributed by atoms with Gasteiger partial charge < -0.3 is 19.6 Å². The monoisotopic (exact) mass is 480 g/mol. The van der Waals surface area contributed by atoms with E-state index in [1.165, 1.54) is 30.5 Å². The second-order valence-electron chi connectivity index (χ2n) is 9.14. The molecule has 2 fully saturated rings. The molecule has 0 bridgehead atoms. The first-order valence-electron chi connectivity index (χ1n) is 11.6. The lowest BCUT2D eigenvalue weighted by Gasteiger charge is -2.39. The lowest BCUT2D eigenvalue weighted by molar-refractivity contribution is -0.0254. The zero-order chi connectivity index (χ0) is 20.8. The van der Waals surface area contributed by atoms with E-state index in [-0.39, 0.29) is 24.8 Å². The Morgan fingerprint density at radius 3 is 2.25 bits per heavy atom. The molecule has 178 valence electrons. The maximum atomic E-state index is 11.1. The third-order valence-corrected chi connectivity index (χ3v) is 6.89. The van der Waals surface area contributed by atoms with E-state index in [1.807, 2.05) is 0 Å². The lowest BCUT2D eigenvalue weighted by Crippen LogP contribution is -2.46. The summed E-state index contributed by atoms with van der Waals surface area (Å²) in [6.45, 7) is 3.92. The number of rotatable bonds is 9. The molecule has 0 aromatic heterocycles. The van der Waals surface area contributed by atoms with Gasteiger partial charge >= 0.3 is 0 Å². The number of piperidine rings is 1. The molecule has 0 atom stereocenters. The van der Waals surface area contributed by atoms with Gasteiger partial charge in [0.1, 0.15) is 5.75 Å². The largest absolute Gasteiger partial charge is 0.490 e. The molecule has 32 heavy (non-hydrogen) atoms. The normalized spacial score (nSPS) is 18.1. The van der Waals surface area contributed by atoms with Gasteiger partial charge in [-0.05, 0) is 74.8 Å². The van der Waals surface area contributed by atoms with Crippen molar-refractivity contribution in [3.8, 4) is 5.75 Å². The first-order chi connectivity index (χ1) is 14.6. The Morgan fingerprint density at radius 2 is 1.66 bits per heavy atom. The van der Waals surface area contributed by atoms with Gasteiger partial charge in [0.25, 0.3) is 0 Å². The van der Waals surface area contributed by atoms with Crippen molar-refractivity contribution in [3.05, 3.63) is 60.2 Å². The Bertz CT molecular complexity index is 776. The summed E-state index contributed by atoms with van der Waals surface area (Å²) in [5.74, 6) is 0.971. The highest BCUT2D eigenvalue weighted by Gasteiger charge is 2.32. The third-order valence-electron chi connectivity index (χ3n) is 6.89. The Hall–Kier alpha value is -1.46. The maximum absolute atomic E-state index is 11.1. The molecule has 1 aliphatic carbocycles. The molecule has 1 N–H and O–H groups in total. The first kappa shape index (κ1) is 26.8. The fourth-order valence-electron chi connectivity index (χ4n) is 4.34. The minimum atomic E-state index is -0.537. The van der Waals surface area contributed by atoms with Crippen molar-refractivity contribution in [3.63, 3.8) is 0 Å². The Kier molecular flexibility index (Phi) is 10.6. The molecule has 4 nitrogen and oxygen atoms in total. The molecular formula is C26H38Cl2N2O2. The van der Waals surface area contributed by atoms with Crippen LogP contribution in [0, 0.1) is 0 Å². The predicted octanol–water partition coefficient (Wildman–Crippen LogP) is 5.36. The number of anilines is 1. The summed E-state index contributed by atoms with van der Waals surface area (Å²) in [4.78, 5) is 4.74. The van der Waals surface area contributed by atoms with Crippen molar-refractivity contribution in [2.75, 3.05) is 38.1 Å². The number of halogens is 2. The van der Waals surface area contributed by atoms with Crippen LogP contribution in [0.1, 0.15) is 44.1 Å². The molecule has 0 amide bonds. The zero-order valence-corrected chi connectivity index (χ0v) is 20.8. The lowest BCUT2D eigenvalue weighted by atomic mass is 9.88. The number of benzene rings is 2. The molecule has 6 heteroatoms. The van der Waals surface area contributed by atoms with Crippen molar-refractivity contribution in [1.82, 2.24) is 4.90 Å². The zero-order valence-electron chi connectivity index (χ0n) is 19.1. The number of hydrogen-bond acceptors (Lipinski definition) is 4. The minimum absolute atomic E-state index is 0. The van der Waals surface area contributed by atoms with E-state index in [9.17, 15) is 5.11 Å². The van der Waals surface area contributed by atoms with Gasteiger partial charge in [0, 0.05) is 38.9 Å². The first-order valence-corrected chi connectivity index (χ1v) is 11.6. The summed E-state index contributed by atoms with van der Waals surface area (Å²) in [6.07, 6.45) is 7.71. The van der Waals surface area contributed by atoms with Crippen LogP contribution in [0.3, 0.4) is 0 Å². The van der Waals surface area contributed by atoms with Gasteiger partial charge in [0.05, 0.1) is 11.7 Å². The molecule has 0 radical (unpaired) electrons. The van der Waals surface area contributed by atoms with Crippen LogP contribution in [-0.4, -0.2) is 54.9 Å². The SMILES string of the molecule is CN(CCC1(O)CCN(CCc2ccccc2)CC1)c1ccc(OC2CCC2)cc1.Cl.Cl. The predicted molar refractivity (Wildman–Crippen MR) is 138 cm³/mol. The molecule has 4 rings (SSSR count). The van der Waals surface area contributed by atoms with E-state index < -0.39 is 5.60 Å². The number of likely N-dealkylation sites (tertiary alicyclic amines) is 1. The van der Waals surface area contributed by atoms with E-state index in [2.05, 4.69) is 71.4 Å². The number of nitrogens with zero attached hydrogens (tertiary/aromatic N) is 2. The van der Waals surface area contributed by atoms with Crippen LogP contribution in [0.25, 0.3) is 0 Å². The summed E-state index contributed by atoms with van der Waals surface area (Å²) < 4.78 is 5.95. The fraction of sp³-hybridized carbons (Fsp3) is 0.538. The summed E-state index contributed by atoms with van der Waals surface area (Å²) in [5, 5.41) is 11.1. The molecule has 2 aromatic carbocycles. The quantitative estimate of drug-likeness (QED) is 0.523. The van der Waals surface area contributed by atoms with Crippen LogP contribution in [0.15, 0.2) is 54.6 Å². The third kappa shape index (κ3) is 7.55. The fourth-order valence-corrected chi connectivity index (χ4v) is 4.34. The highest BCUT2D eigenvalue weighted by Crippen LogP contribution is 2.29. The second-order valence-corrected chi connectivity index (χ2v) is 9.14. The molecule has 0 unspecified atom stereocenters. The smallest absolute Gasteiger partial charge is 0.119 e. The van der Waals surface area contributed by atoms with E-state index in [4.69, 9.17) is 4.74 Å². The van der Waals surface area contributed by atoms with Crippen LogP contribution >= 0.6 is 24.8 Å². The summed E-state index contributed by atoms with van der Waals surface area (Å²) in [6, 6.07) is 19.1. The molecule has 1 aliphatic heterocycles. The summed E-state index contributed by atoms with van der Waals surface area (Å²) in [7, 11) is 2.11. The number of hydrogen-bond donors (Lipinski definition) is 1. The van der Waals surface area contributed by atoms with Crippen molar-refractivity contribution < 1.29 is 9.84 Å². The van der Waals surface area contributed by atoms with Crippen molar-refractivity contribution in [2.24, 2.45) is 0 Å². The standard InChI is InChI=1S/C26H36N2O2.2ClH/c1-27(23-10-12-25(13-11-23)30-24-8-5-9-24)19-15-26(29)16-20-28(21-17-26)18-14-22-6-3-2-4-7-22;;/h2-4,6-7,10-13,24,29H,5,8-9,14-21H2,1H3;2*1H. The van der Waals surface area contributed by atoms with E-state index in [1.54, 1.807) is 0 Å². The molecule has 2 aliphatic rings. The van der Waals surface area contributed by atoms with E-state index in [0.29, 0.717) is 6.10 Å². The highest BCUT2D eigenvalue weighted by molar-refractivity contribution is 5.85. The second kappa shape index (κ2) is 12.7. The van der Waals surface area contributed by atoms with Gasteiger partial charge in [-0.15, -0.1) is 24.8 Å². The van der Waals surface area contributed by atoms with Crippen molar-refractivity contribution >= 4 is 30.5 Å². The average molecular weight is 482 g/mol. The van der Waals surface area contributed by atoms with E-state index >= 15 is 0 Å². The molecule has 1 heterocycles. The minimum Gasteiger partial charge on any atom is -0.490 e. The van der Waals surface area contributed by atoms with Crippen LogP contribution < -0.4 is 9.64 Å². The molecule has 1 saturated carbocycles. The van der Waals surface area contributed by atoms with Crippen molar-refractivity contribution in [1.29, 1.82) is 0 Å². The van der Waals surface area contributed by atoms with Gasteiger partial charge in [0.2, 0.25) is 0 Å². The molecular weight excluding hydrogens is 443 g/mol. The highest BCUT2D eigenvalue weighted by atomic mass is 35.5. The Balaban J connectivity index is 0.00000181. The number of aliphatic hydroxyl groups is 1. The topological polar surface area (TPSA) is 35.9 Å². The van der Waals surface area contributed by atoms with E-state index in [0.717, 1.165) is 57.6 Å². The summed E-state index contributed by atoms with van der Waals surface area (Å²) in [5.41, 5.74) is 2.04. The van der Waals surface area contributed by atoms with Gasteiger partial charge in [-0.3, -0.25) is 0 Å². The van der Waals surface area contributed by atoms with Crippen LogP contribution in [0.2, 0.25) is 0 Å². The number of ether oxygens (including phenoxy) is 1.